The molecular formula is C18H40Si. The van der Waals surface area contributed by atoms with Gasteiger partial charge in [-0.2, -0.15) is 0 Å². The Balaban J connectivity index is 5.34. The van der Waals surface area contributed by atoms with Crippen molar-refractivity contribution in [1.82, 2.24) is 0 Å². The van der Waals surface area contributed by atoms with E-state index < -0.39 is 8.07 Å². The smallest absolute Gasteiger partial charge is 0.0551 e. The predicted molar refractivity (Wildman–Crippen MR) is 93.6 cm³/mol. The molecule has 0 N–H and O–H groups in total. The van der Waals surface area contributed by atoms with Crippen LogP contribution in [0.2, 0.25) is 24.2 Å². The normalized spacial score (nSPS) is 14.8. The first-order valence-corrected chi connectivity index (χ1v) is 11.0. The second kappa shape index (κ2) is 6.33. The average molecular weight is 285 g/mol. The summed E-state index contributed by atoms with van der Waals surface area (Å²) in [4.78, 5) is 0. The Hall–Kier alpha value is 0.217. The minimum absolute atomic E-state index is 0.484. The van der Waals surface area contributed by atoms with Crippen LogP contribution >= 0.6 is 0 Å². The van der Waals surface area contributed by atoms with Gasteiger partial charge in [0.25, 0.3) is 0 Å². The van der Waals surface area contributed by atoms with Crippen LogP contribution in [0.25, 0.3) is 0 Å². The van der Waals surface area contributed by atoms with Crippen molar-refractivity contribution in [1.29, 1.82) is 0 Å². The standard InChI is InChI=1S/C18H40Si/c1-11-12-19(13-16(2,3)4,14-17(5,6)7)15-18(8,9)10/h11-15H2,1-10H3. The van der Waals surface area contributed by atoms with Crippen LogP contribution in [0.15, 0.2) is 0 Å². The number of hydrogen-bond donors (Lipinski definition) is 0. The van der Waals surface area contributed by atoms with E-state index in [-0.39, 0.29) is 0 Å². The van der Waals surface area contributed by atoms with Gasteiger partial charge in [0.15, 0.2) is 0 Å². The molecule has 116 valence electrons. The second-order valence-corrected chi connectivity index (χ2v) is 15.0. The van der Waals surface area contributed by atoms with E-state index in [9.17, 15) is 0 Å². The van der Waals surface area contributed by atoms with Gasteiger partial charge in [-0.25, -0.2) is 0 Å². The summed E-state index contributed by atoms with van der Waals surface area (Å²) in [6.07, 6.45) is 1.37. The summed E-state index contributed by atoms with van der Waals surface area (Å²) in [6, 6.07) is 5.98. The average Bonchev–Trinajstić information content (AvgIpc) is 1.90. The zero-order valence-corrected chi connectivity index (χ0v) is 16.5. The summed E-state index contributed by atoms with van der Waals surface area (Å²) >= 11 is 0. The fraction of sp³-hybridized carbons (Fsp3) is 1.00. The van der Waals surface area contributed by atoms with Crippen molar-refractivity contribution in [3.63, 3.8) is 0 Å². The van der Waals surface area contributed by atoms with Crippen molar-refractivity contribution in [2.45, 2.75) is 99.8 Å². The summed E-state index contributed by atoms with van der Waals surface area (Å²) in [5.74, 6) is 0. The van der Waals surface area contributed by atoms with Crippen LogP contribution in [-0.2, 0) is 0 Å². The van der Waals surface area contributed by atoms with E-state index in [1.54, 1.807) is 0 Å². The Kier molecular flexibility index (Phi) is 6.40. The van der Waals surface area contributed by atoms with E-state index in [2.05, 4.69) is 69.2 Å². The molecule has 1 heteroatoms. The molecule has 0 fully saturated rings. The van der Waals surface area contributed by atoms with Gasteiger partial charge in [-0.15, -0.1) is 0 Å². The van der Waals surface area contributed by atoms with Crippen LogP contribution in [-0.4, -0.2) is 8.07 Å². The van der Waals surface area contributed by atoms with E-state index in [0.717, 1.165) is 0 Å². The van der Waals surface area contributed by atoms with Gasteiger partial charge in [0.05, 0.1) is 8.07 Å². The van der Waals surface area contributed by atoms with Crippen molar-refractivity contribution in [2.24, 2.45) is 16.2 Å². The zero-order valence-electron chi connectivity index (χ0n) is 15.5. The van der Waals surface area contributed by atoms with E-state index in [4.69, 9.17) is 0 Å². The molecule has 0 saturated carbocycles. The Bertz CT molecular complexity index is 216. The van der Waals surface area contributed by atoms with Crippen LogP contribution in [0.3, 0.4) is 0 Å². The summed E-state index contributed by atoms with van der Waals surface area (Å²) < 4.78 is 0. The molecule has 0 atom stereocenters. The number of hydrogen-bond acceptors (Lipinski definition) is 0. The molecule has 0 unspecified atom stereocenters. The van der Waals surface area contributed by atoms with Crippen molar-refractivity contribution >= 4 is 8.07 Å². The molecule has 0 radical (unpaired) electrons. The third-order valence-electron chi connectivity index (χ3n) is 3.50. The van der Waals surface area contributed by atoms with Gasteiger partial charge in [0, 0.05) is 0 Å². The Labute approximate surface area is 124 Å². The van der Waals surface area contributed by atoms with Gasteiger partial charge >= 0.3 is 0 Å². The monoisotopic (exact) mass is 284 g/mol. The van der Waals surface area contributed by atoms with E-state index in [0.29, 0.717) is 16.2 Å². The summed E-state index contributed by atoms with van der Waals surface area (Å²) in [6.45, 7) is 24.3. The maximum atomic E-state index is 2.44. The van der Waals surface area contributed by atoms with Gasteiger partial charge in [-0.1, -0.05) is 99.8 Å². The third-order valence-corrected chi connectivity index (χ3v) is 10.5. The van der Waals surface area contributed by atoms with Gasteiger partial charge in [0.2, 0.25) is 0 Å². The van der Waals surface area contributed by atoms with Gasteiger partial charge in [-0.05, 0) is 16.2 Å². The van der Waals surface area contributed by atoms with Crippen molar-refractivity contribution < 1.29 is 0 Å². The lowest BCUT2D eigenvalue weighted by atomic mass is 9.99. The maximum absolute atomic E-state index is 2.44. The van der Waals surface area contributed by atoms with Gasteiger partial charge in [-0.3, -0.25) is 0 Å². The molecule has 0 aliphatic carbocycles. The van der Waals surface area contributed by atoms with Crippen molar-refractivity contribution in [3.8, 4) is 0 Å². The molecule has 0 spiro atoms. The topological polar surface area (TPSA) is 0 Å². The molecule has 0 saturated heterocycles. The molecule has 0 heterocycles. The van der Waals surface area contributed by atoms with Gasteiger partial charge < -0.3 is 0 Å². The zero-order chi connectivity index (χ0) is 15.5. The molecular weight excluding hydrogens is 244 g/mol. The van der Waals surface area contributed by atoms with Crippen LogP contribution < -0.4 is 0 Å². The molecule has 19 heavy (non-hydrogen) atoms. The highest BCUT2D eigenvalue weighted by Gasteiger charge is 2.41. The molecule has 0 nitrogen and oxygen atoms in total. The highest BCUT2D eigenvalue weighted by Crippen LogP contribution is 2.45. The lowest BCUT2D eigenvalue weighted by Gasteiger charge is -2.44. The highest BCUT2D eigenvalue weighted by molar-refractivity contribution is 6.80. The first kappa shape index (κ1) is 19.2. The molecule has 0 aliphatic heterocycles. The molecule has 0 aromatic heterocycles. The fourth-order valence-corrected chi connectivity index (χ4v) is 13.1. The summed E-state index contributed by atoms with van der Waals surface area (Å²) in [7, 11) is -1.20. The Morgan fingerprint density at radius 2 is 0.842 bits per heavy atom. The highest BCUT2D eigenvalue weighted by atomic mass is 28.3. The predicted octanol–water partition coefficient (Wildman–Crippen LogP) is 6.98. The minimum atomic E-state index is -1.20. The van der Waals surface area contributed by atoms with Crippen LogP contribution in [0.1, 0.15) is 75.7 Å². The van der Waals surface area contributed by atoms with Crippen LogP contribution in [0.4, 0.5) is 0 Å². The maximum Gasteiger partial charge on any atom is 0.0551 e. The van der Waals surface area contributed by atoms with Crippen LogP contribution in [0.5, 0.6) is 0 Å². The van der Waals surface area contributed by atoms with Crippen molar-refractivity contribution in [3.05, 3.63) is 0 Å². The lowest BCUT2D eigenvalue weighted by molar-refractivity contribution is 0.405. The minimum Gasteiger partial charge on any atom is -0.0657 e. The number of rotatable bonds is 5. The molecule has 0 aliphatic rings. The first-order valence-electron chi connectivity index (χ1n) is 8.18. The summed E-state index contributed by atoms with van der Waals surface area (Å²) in [5, 5.41) is 0. The van der Waals surface area contributed by atoms with E-state index in [1.165, 1.54) is 30.6 Å². The largest absolute Gasteiger partial charge is 0.0657 e. The van der Waals surface area contributed by atoms with E-state index >= 15 is 0 Å². The quantitative estimate of drug-likeness (QED) is 0.477. The first-order chi connectivity index (χ1) is 8.18. The molecule has 0 rings (SSSR count). The Morgan fingerprint density at radius 1 is 0.579 bits per heavy atom. The van der Waals surface area contributed by atoms with Gasteiger partial charge in [0.1, 0.15) is 0 Å². The summed E-state index contributed by atoms with van der Waals surface area (Å²) in [5.41, 5.74) is 1.45. The molecule has 0 aromatic rings. The SMILES string of the molecule is CCC[Si](CC(C)(C)C)(CC(C)(C)C)CC(C)(C)C. The molecule has 0 bridgehead atoms. The molecule has 0 aromatic carbocycles. The van der Waals surface area contributed by atoms with E-state index in [1.807, 2.05) is 0 Å². The fourth-order valence-electron chi connectivity index (χ4n) is 4.36. The Morgan fingerprint density at radius 3 is 1.00 bits per heavy atom. The second-order valence-electron chi connectivity index (χ2n) is 10.5. The van der Waals surface area contributed by atoms with Crippen molar-refractivity contribution in [2.75, 3.05) is 0 Å². The van der Waals surface area contributed by atoms with Crippen LogP contribution in [0, 0.1) is 16.2 Å². The lowest BCUT2D eigenvalue weighted by Crippen LogP contribution is -2.44. The molecule has 0 amide bonds. The third kappa shape index (κ3) is 9.71.